The highest BCUT2D eigenvalue weighted by atomic mass is 35.5. The molecule has 0 aliphatic rings. The van der Waals surface area contributed by atoms with Crippen molar-refractivity contribution in [1.82, 2.24) is 10.3 Å². The molecule has 0 aliphatic carbocycles. The van der Waals surface area contributed by atoms with Crippen LogP contribution in [0.2, 0.25) is 5.02 Å². The monoisotopic (exact) mass is 332 g/mol. The summed E-state index contributed by atoms with van der Waals surface area (Å²) in [7, 11) is 0. The van der Waals surface area contributed by atoms with Gasteiger partial charge in [0, 0.05) is 28.0 Å². The highest BCUT2D eigenvalue weighted by Gasteiger charge is 2.12. The highest BCUT2D eigenvalue weighted by Crippen LogP contribution is 2.15. The van der Waals surface area contributed by atoms with E-state index in [9.17, 15) is 9.59 Å². The third-order valence-electron chi connectivity index (χ3n) is 3.32. The topological polar surface area (TPSA) is 62.0 Å². The molecule has 2 N–H and O–H groups in total. The van der Waals surface area contributed by atoms with Crippen LogP contribution in [-0.4, -0.2) is 17.4 Å². The van der Waals surface area contributed by atoms with Gasteiger partial charge in [-0.05, 0) is 36.1 Å². The third-order valence-corrected chi connectivity index (χ3v) is 4.50. The summed E-state index contributed by atoms with van der Waals surface area (Å²) in [4.78, 5) is 28.6. The van der Waals surface area contributed by atoms with Crippen LogP contribution in [0.1, 0.15) is 15.2 Å². The third kappa shape index (κ3) is 3.05. The zero-order valence-corrected chi connectivity index (χ0v) is 13.1. The number of amides is 1. The Morgan fingerprint density at radius 1 is 1.32 bits per heavy atom. The van der Waals surface area contributed by atoms with E-state index in [1.54, 1.807) is 29.5 Å². The first-order valence-electron chi connectivity index (χ1n) is 6.76. The lowest BCUT2D eigenvalue weighted by Gasteiger charge is -2.05. The Morgan fingerprint density at radius 3 is 2.95 bits per heavy atom. The van der Waals surface area contributed by atoms with Crippen molar-refractivity contribution in [3.63, 3.8) is 0 Å². The molecule has 0 spiro atoms. The van der Waals surface area contributed by atoms with Crippen LogP contribution < -0.4 is 10.7 Å². The molecule has 0 saturated carbocycles. The van der Waals surface area contributed by atoms with Crippen molar-refractivity contribution in [1.29, 1.82) is 0 Å². The zero-order chi connectivity index (χ0) is 15.5. The van der Waals surface area contributed by atoms with E-state index >= 15 is 0 Å². The van der Waals surface area contributed by atoms with Crippen molar-refractivity contribution in [2.45, 2.75) is 6.42 Å². The standard InChI is InChI=1S/C16H13ClN2O2S/c17-10-3-4-12-14(8-10)19-9-13(15(12)20)16(21)18-6-5-11-2-1-7-22-11/h1-4,7-9H,5-6H2,(H,18,21)(H,19,20). The number of carbonyl (C=O) groups is 1. The fourth-order valence-electron chi connectivity index (χ4n) is 2.21. The molecular formula is C16H13ClN2O2S. The average Bonchev–Trinajstić information content (AvgIpc) is 3.00. The van der Waals surface area contributed by atoms with Crippen LogP contribution in [0.4, 0.5) is 0 Å². The van der Waals surface area contributed by atoms with Crippen molar-refractivity contribution in [2.75, 3.05) is 6.54 Å². The summed E-state index contributed by atoms with van der Waals surface area (Å²) in [5.41, 5.74) is 0.438. The second kappa shape index (κ2) is 6.34. The fraction of sp³-hybridized carbons (Fsp3) is 0.125. The van der Waals surface area contributed by atoms with Gasteiger partial charge in [0.1, 0.15) is 5.56 Å². The van der Waals surface area contributed by atoms with Gasteiger partial charge in [0.05, 0.1) is 5.52 Å². The number of aromatic amines is 1. The largest absolute Gasteiger partial charge is 0.360 e. The summed E-state index contributed by atoms with van der Waals surface area (Å²) < 4.78 is 0. The van der Waals surface area contributed by atoms with Gasteiger partial charge in [-0.1, -0.05) is 17.7 Å². The van der Waals surface area contributed by atoms with E-state index in [4.69, 9.17) is 11.6 Å². The van der Waals surface area contributed by atoms with E-state index in [-0.39, 0.29) is 16.9 Å². The van der Waals surface area contributed by atoms with Gasteiger partial charge >= 0.3 is 0 Å². The summed E-state index contributed by atoms with van der Waals surface area (Å²) in [6, 6.07) is 8.91. The molecule has 0 aliphatic heterocycles. The van der Waals surface area contributed by atoms with Gasteiger partial charge in [0.25, 0.3) is 5.91 Å². The van der Waals surface area contributed by atoms with E-state index in [1.165, 1.54) is 11.1 Å². The molecule has 6 heteroatoms. The van der Waals surface area contributed by atoms with E-state index in [2.05, 4.69) is 10.3 Å². The Kier molecular flexibility index (Phi) is 4.27. The summed E-state index contributed by atoms with van der Waals surface area (Å²) in [6.45, 7) is 0.497. The first-order chi connectivity index (χ1) is 10.6. The molecule has 22 heavy (non-hydrogen) atoms. The smallest absolute Gasteiger partial charge is 0.256 e. The van der Waals surface area contributed by atoms with Crippen LogP contribution >= 0.6 is 22.9 Å². The Labute approximate surface area is 135 Å². The second-order valence-corrected chi connectivity index (χ2v) is 6.28. The molecule has 0 atom stereocenters. The zero-order valence-electron chi connectivity index (χ0n) is 11.6. The molecule has 112 valence electrons. The van der Waals surface area contributed by atoms with Crippen LogP contribution in [0, 0.1) is 0 Å². The van der Waals surface area contributed by atoms with Crippen LogP contribution in [0.5, 0.6) is 0 Å². The molecule has 0 bridgehead atoms. The van der Waals surface area contributed by atoms with Crippen molar-refractivity contribution >= 4 is 39.7 Å². The number of benzene rings is 1. The SMILES string of the molecule is O=C(NCCc1cccs1)c1c[nH]c2cc(Cl)ccc2c1=O. The van der Waals surface area contributed by atoms with E-state index in [0.717, 1.165) is 6.42 Å². The molecule has 1 amide bonds. The molecule has 3 aromatic rings. The number of nitrogens with one attached hydrogen (secondary N) is 2. The summed E-state index contributed by atoms with van der Waals surface area (Å²) in [6.07, 6.45) is 2.19. The number of hydrogen-bond donors (Lipinski definition) is 2. The number of pyridine rings is 1. The van der Waals surface area contributed by atoms with Gasteiger partial charge in [-0.25, -0.2) is 0 Å². The average molecular weight is 333 g/mol. The van der Waals surface area contributed by atoms with Crippen LogP contribution in [0.3, 0.4) is 0 Å². The molecule has 2 heterocycles. The number of carbonyl (C=O) groups excluding carboxylic acids is 1. The van der Waals surface area contributed by atoms with Crippen LogP contribution in [0.25, 0.3) is 10.9 Å². The Hall–Kier alpha value is -2.11. The number of hydrogen-bond acceptors (Lipinski definition) is 3. The summed E-state index contributed by atoms with van der Waals surface area (Å²) in [5.74, 6) is -0.366. The maximum Gasteiger partial charge on any atom is 0.256 e. The fourth-order valence-corrected chi connectivity index (χ4v) is 3.09. The minimum atomic E-state index is -0.366. The summed E-state index contributed by atoms with van der Waals surface area (Å²) >= 11 is 7.54. The molecule has 3 rings (SSSR count). The van der Waals surface area contributed by atoms with Gasteiger partial charge in [0.15, 0.2) is 0 Å². The van der Waals surface area contributed by atoms with Gasteiger partial charge < -0.3 is 10.3 Å². The normalized spacial score (nSPS) is 10.8. The van der Waals surface area contributed by atoms with Gasteiger partial charge in [0.2, 0.25) is 5.43 Å². The first kappa shape index (κ1) is 14.8. The van der Waals surface area contributed by atoms with Crippen molar-refractivity contribution in [3.8, 4) is 0 Å². The molecule has 0 radical (unpaired) electrons. The number of aromatic nitrogens is 1. The Morgan fingerprint density at radius 2 is 2.18 bits per heavy atom. The van der Waals surface area contributed by atoms with Gasteiger partial charge in [-0.15, -0.1) is 11.3 Å². The number of H-pyrrole nitrogens is 1. The lowest BCUT2D eigenvalue weighted by atomic mass is 10.1. The molecule has 1 aromatic carbocycles. The molecular weight excluding hydrogens is 320 g/mol. The molecule has 4 nitrogen and oxygen atoms in total. The molecule has 0 fully saturated rings. The quantitative estimate of drug-likeness (QED) is 0.770. The lowest BCUT2D eigenvalue weighted by molar-refractivity contribution is 0.0953. The van der Waals surface area contributed by atoms with Crippen molar-refractivity contribution in [2.24, 2.45) is 0 Å². The Bertz CT molecular complexity index is 871. The highest BCUT2D eigenvalue weighted by molar-refractivity contribution is 7.09. The van der Waals surface area contributed by atoms with Crippen molar-refractivity contribution < 1.29 is 4.79 Å². The second-order valence-electron chi connectivity index (χ2n) is 4.81. The predicted octanol–water partition coefficient (Wildman–Crippen LogP) is 3.22. The molecule has 0 unspecified atom stereocenters. The number of halogens is 1. The van der Waals surface area contributed by atoms with Gasteiger partial charge in [-0.3, -0.25) is 9.59 Å². The van der Waals surface area contributed by atoms with Crippen LogP contribution in [0.15, 0.2) is 46.7 Å². The minimum absolute atomic E-state index is 0.112. The Balaban J connectivity index is 1.77. The van der Waals surface area contributed by atoms with Gasteiger partial charge in [-0.2, -0.15) is 0 Å². The van der Waals surface area contributed by atoms with E-state index in [0.29, 0.717) is 22.5 Å². The lowest BCUT2D eigenvalue weighted by Crippen LogP contribution is -2.30. The summed E-state index contributed by atoms with van der Waals surface area (Å²) in [5, 5.41) is 5.76. The molecule has 2 aromatic heterocycles. The van der Waals surface area contributed by atoms with E-state index in [1.807, 2.05) is 17.5 Å². The number of fused-ring (bicyclic) bond motifs is 1. The number of rotatable bonds is 4. The maximum atomic E-state index is 12.4. The number of thiophene rings is 1. The maximum absolute atomic E-state index is 12.4. The molecule has 0 saturated heterocycles. The first-order valence-corrected chi connectivity index (χ1v) is 8.02. The van der Waals surface area contributed by atoms with E-state index < -0.39 is 0 Å². The van der Waals surface area contributed by atoms with Crippen LogP contribution in [-0.2, 0) is 6.42 Å². The predicted molar refractivity (Wildman–Crippen MR) is 89.9 cm³/mol. The minimum Gasteiger partial charge on any atom is -0.360 e. The van der Waals surface area contributed by atoms with Crippen molar-refractivity contribution in [3.05, 3.63) is 67.6 Å².